The number of benzene rings is 2. The third-order valence-electron chi connectivity index (χ3n) is 7.24. The van der Waals surface area contributed by atoms with Gasteiger partial charge in [-0.25, -0.2) is 13.4 Å². The smallest absolute Gasteiger partial charge is 0.321 e. The molecule has 0 saturated heterocycles. The molecular weight excluding hydrogens is 508 g/mol. The Labute approximate surface area is 221 Å². The molecule has 0 amide bonds. The molecule has 1 saturated carbocycles. The number of carbonyl (C=O) groups excluding carboxylic acids is 1. The van der Waals surface area contributed by atoms with Crippen molar-refractivity contribution in [2.75, 3.05) is 13.6 Å². The SMILES string of the molecule is CN(CC(=O)OC1CCCCC1(C(N)=S)c1ccc2nccn2c1)S(=O)(=O)c1cccc2ccccc12. The fraction of sp³-hybridized carbons (Fsp3) is 0.296. The molecular formula is C27H28N4O4S2. The van der Waals surface area contributed by atoms with Crippen molar-refractivity contribution in [1.82, 2.24) is 13.7 Å². The molecule has 2 unspecified atom stereocenters. The monoisotopic (exact) mass is 536 g/mol. The van der Waals surface area contributed by atoms with Crippen molar-refractivity contribution < 1.29 is 17.9 Å². The Hall–Kier alpha value is -3.34. The van der Waals surface area contributed by atoms with Gasteiger partial charge in [-0.05, 0) is 42.3 Å². The third-order valence-corrected chi connectivity index (χ3v) is 9.47. The van der Waals surface area contributed by atoms with E-state index in [1.165, 1.54) is 7.05 Å². The van der Waals surface area contributed by atoms with E-state index in [-0.39, 0.29) is 9.88 Å². The first-order valence-corrected chi connectivity index (χ1v) is 13.9. The van der Waals surface area contributed by atoms with E-state index in [0.717, 1.165) is 33.7 Å². The number of hydrogen-bond acceptors (Lipinski definition) is 6. The molecule has 2 heterocycles. The number of esters is 1. The molecule has 10 heteroatoms. The van der Waals surface area contributed by atoms with Crippen LogP contribution in [0, 0.1) is 0 Å². The zero-order valence-corrected chi connectivity index (χ0v) is 22.0. The van der Waals surface area contributed by atoms with Crippen molar-refractivity contribution in [3.8, 4) is 0 Å². The van der Waals surface area contributed by atoms with Gasteiger partial charge in [0.1, 0.15) is 18.3 Å². The van der Waals surface area contributed by atoms with Crippen LogP contribution in [0.1, 0.15) is 31.2 Å². The second-order valence-electron chi connectivity index (χ2n) is 9.41. The molecule has 2 N–H and O–H groups in total. The fourth-order valence-electron chi connectivity index (χ4n) is 5.29. The van der Waals surface area contributed by atoms with Gasteiger partial charge in [-0.15, -0.1) is 0 Å². The molecule has 0 bridgehead atoms. The van der Waals surface area contributed by atoms with E-state index >= 15 is 0 Å². The van der Waals surface area contributed by atoms with Crippen molar-refractivity contribution >= 4 is 49.6 Å². The first kappa shape index (κ1) is 25.3. The van der Waals surface area contributed by atoms with Gasteiger partial charge in [-0.2, -0.15) is 4.31 Å². The Kier molecular flexibility index (Phi) is 6.74. The maximum Gasteiger partial charge on any atom is 0.321 e. The lowest BCUT2D eigenvalue weighted by atomic mass is 9.67. The topological polar surface area (TPSA) is 107 Å². The Bertz CT molecular complexity index is 1600. The van der Waals surface area contributed by atoms with Crippen LogP contribution in [0.2, 0.25) is 0 Å². The normalized spacial score (nSPS) is 20.3. The van der Waals surface area contributed by atoms with Crippen molar-refractivity contribution in [1.29, 1.82) is 0 Å². The fourth-order valence-corrected chi connectivity index (χ4v) is 6.97. The Morgan fingerprint density at radius 2 is 1.97 bits per heavy atom. The Balaban J connectivity index is 1.40. The van der Waals surface area contributed by atoms with Crippen LogP contribution in [0.15, 0.2) is 78.1 Å². The van der Waals surface area contributed by atoms with Crippen molar-refractivity contribution in [3.63, 3.8) is 0 Å². The molecule has 2 aromatic carbocycles. The van der Waals surface area contributed by atoms with Crippen LogP contribution < -0.4 is 5.73 Å². The number of likely N-dealkylation sites (N-methyl/N-ethyl adjacent to an activating group) is 1. The van der Waals surface area contributed by atoms with Crippen LogP contribution in [-0.2, 0) is 25.0 Å². The van der Waals surface area contributed by atoms with E-state index in [2.05, 4.69) is 4.98 Å². The molecule has 4 aromatic rings. The molecule has 0 spiro atoms. The number of carbonyl (C=O) groups is 1. The average Bonchev–Trinajstić information content (AvgIpc) is 3.36. The van der Waals surface area contributed by atoms with Gasteiger partial charge in [-0.3, -0.25) is 4.79 Å². The van der Waals surface area contributed by atoms with E-state index in [1.54, 1.807) is 30.5 Å². The zero-order valence-electron chi connectivity index (χ0n) is 20.4. The van der Waals surface area contributed by atoms with Crippen LogP contribution in [0.25, 0.3) is 16.4 Å². The summed E-state index contributed by atoms with van der Waals surface area (Å²) < 4.78 is 35.7. The third kappa shape index (κ3) is 4.49. The molecule has 1 aliphatic carbocycles. The number of aromatic nitrogens is 2. The Morgan fingerprint density at radius 1 is 1.19 bits per heavy atom. The Morgan fingerprint density at radius 3 is 2.78 bits per heavy atom. The lowest BCUT2D eigenvalue weighted by Gasteiger charge is -2.43. The van der Waals surface area contributed by atoms with Gasteiger partial charge in [0.05, 0.1) is 15.3 Å². The molecule has 0 aliphatic heterocycles. The number of nitrogens with two attached hydrogens (primary N) is 1. The highest BCUT2D eigenvalue weighted by Gasteiger charge is 2.47. The number of nitrogens with zero attached hydrogens (tertiary/aromatic N) is 3. The van der Waals surface area contributed by atoms with Gasteiger partial charge in [0.25, 0.3) is 0 Å². The number of rotatable bonds is 7. The van der Waals surface area contributed by atoms with E-state index in [9.17, 15) is 13.2 Å². The van der Waals surface area contributed by atoms with Crippen LogP contribution >= 0.6 is 12.2 Å². The van der Waals surface area contributed by atoms with E-state index < -0.39 is 34.1 Å². The van der Waals surface area contributed by atoms with Gasteiger partial charge in [-0.1, -0.05) is 61.1 Å². The summed E-state index contributed by atoms with van der Waals surface area (Å²) in [5.41, 5.74) is 7.11. The van der Waals surface area contributed by atoms with Gasteiger partial charge in [0.2, 0.25) is 10.0 Å². The molecule has 1 aliphatic rings. The van der Waals surface area contributed by atoms with E-state index in [1.807, 2.05) is 47.1 Å². The number of imidazole rings is 1. The summed E-state index contributed by atoms with van der Waals surface area (Å²) in [6.45, 7) is -0.435. The average molecular weight is 537 g/mol. The van der Waals surface area contributed by atoms with Crippen LogP contribution in [-0.4, -0.2) is 52.8 Å². The maximum absolute atomic E-state index is 13.4. The summed E-state index contributed by atoms with van der Waals surface area (Å²) in [5, 5.41) is 1.40. The molecule has 1 fully saturated rings. The maximum atomic E-state index is 13.4. The summed E-state index contributed by atoms with van der Waals surface area (Å²) in [6, 6.07) is 16.1. The molecule has 37 heavy (non-hydrogen) atoms. The van der Waals surface area contributed by atoms with Gasteiger partial charge >= 0.3 is 5.97 Å². The predicted molar refractivity (Wildman–Crippen MR) is 146 cm³/mol. The number of fused-ring (bicyclic) bond motifs is 2. The molecule has 8 nitrogen and oxygen atoms in total. The summed E-state index contributed by atoms with van der Waals surface area (Å²) in [5.74, 6) is -0.650. The minimum absolute atomic E-state index is 0.143. The first-order valence-electron chi connectivity index (χ1n) is 12.1. The summed E-state index contributed by atoms with van der Waals surface area (Å²) in [4.78, 5) is 17.8. The largest absolute Gasteiger partial charge is 0.460 e. The highest BCUT2D eigenvalue weighted by molar-refractivity contribution is 7.89. The summed E-state index contributed by atoms with van der Waals surface area (Å²) in [7, 11) is -2.56. The number of hydrogen-bond donors (Lipinski definition) is 1. The highest BCUT2D eigenvalue weighted by atomic mass is 32.2. The van der Waals surface area contributed by atoms with E-state index in [0.29, 0.717) is 18.2 Å². The number of sulfonamides is 1. The standard InChI is InChI=1S/C27H28N4O4S2/c1-30(37(33,34)22-10-6-8-19-7-2-3-9-21(19)22)18-25(32)35-23-11-4-5-14-27(23,26(28)36)20-12-13-24-29-15-16-31(24)17-20/h2-3,6-10,12-13,15-17,23H,4-5,11,14,18H2,1H3,(H2,28,36). The molecule has 0 radical (unpaired) electrons. The molecule has 2 atom stereocenters. The quantitative estimate of drug-likeness (QED) is 0.283. The summed E-state index contributed by atoms with van der Waals surface area (Å²) in [6.07, 6.45) is 7.78. The van der Waals surface area contributed by atoms with Crippen molar-refractivity contribution in [3.05, 3.63) is 78.8 Å². The summed E-state index contributed by atoms with van der Waals surface area (Å²) >= 11 is 5.55. The van der Waals surface area contributed by atoms with Crippen molar-refractivity contribution in [2.24, 2.45) is 5.73 Å². The van der Waals surface area contributed by atoms with Gasteiger partial charge in [0, 0.05) is 31.0 Å². The van der Waals surface area contributed by atoms with Crippen LogP contribution in [0.3, 0.4) is 0 Å². The lowest BCUT2D eigenvalue weighted by molar-refractivity contribution is -0.153. The minimum Gasteiger partial charge on any atom is -0.460 e. The van der Waals surface area contributed by atoms with Crippen molar-refractivity contribution in [2.45, 2.75) is 42.1 Å². The van der Waals surface area contributed by atoms with Crippen LogP contribution in [0.4, 0.5) is 0 Å². The predicted octanol–water partition coefficient (Wildman–Crippen LogP) is 3.82. The number of pyridine rings is 1. The van der Waals surface area contributed by atoms with E-state index in [4.69, 9.17) is 22.7 Å². The highest BCUT2D eigenvalue weighted by Crippen LogP contribution is 2.42. The zero-order chi connectivity index (χ0) is 26.2. The second-order valence-corrected chi connectivity index (χ2v) is 11.9. The number of ether oxygens (including phenoxy) is 1. The lowest BCUT2D eigenvalue weighted by Crippen LogP contribution is -2.53. The number of thiocarbonyl (C=S) groups is 1. The van der Waals surface area contributed by atoms with Gasteiger partial charge < -0.3 is 14.9 Å². The van der Waals surface area contributed by atoms with Crippen LogP contribution in [0.5, 0.6) is 0 Å². The molecule has 5 rings (SSSR count). The molecule has 192 valence electrons. The second kappa shape index (κ2) is 9.85. The first-order chi connectivity index (χ1) is 17.7. The molecule has 2 aromatic heterocycles. The minimum atomic E-state index is -3.94. The van der Waals surface area contributed by atoms with Gasteiger partial charge in [0.15, 0.2) is 0 Å².